The van der Waals surface area contributed by atoms with Crippen molar-refractivity contribution < 1.29 is 0 Å². The first-order valence-electron chi connectivity index (χ1n) is 26.4. The Labute approximate surface area is 430 Å². The molecule has 1 heterocycles. The number of benzene rings is 11. The molecule has 6 bridgehead atoms. The lowest BCUT2D eigenvalue weighted by molar-refractivity contribution is 0.591. The van der Waals surface area contributed by atoms with Crippen LogP contribution < -0.4 is 9.80 Å². The minimum atomic E-state index is -0.264. The number of para-hydroxylation sites is 1. The second kappa shape index (κ2) is 15.8. The Hall–Kier alpha value is -7.94. The summed E-state index contributed by atoms with van der Waals surface area (Å²) in [6.45, 7) is 16.8. The highest BCUT2D eigenvalue weighted by Gasteiger charge is 2.41. The van der Waals surface area contributed by atoms with Crippen LogP contribution in [0.15, 0.2) is 206 Å². The van der Waals surface area contributed by atoms with Gasteiger partial charge in [-0.05, 0) is 167 Å². The zero-order chi connectivity index (χ0) is 49.5. The molecule has 0 aromatic heterocycles. The van der Waals surface area contributed by atoms with E-state index in [0.29, 0.717) is 0 Å². The van der Waals surface area contributed by atoms with Crippen LogP contribution >= 0.6 is 0 Å². The van der Waals surface area contributed by atoms with Gasteiger partial charge in [-0.3, -0.25) is 0 Å². The molecule has 1 aliphatic heterocycles. The molecule has 0 saturated carbocycles. The second-order valence-corrected chi connectivity index (χ2v) is 23.2. The fourth-order valence-electron chi connectivity index (χ4n) is 13.9. The molecule has 11 aromatic carbocycles. The number of hydrogen-bond acceptors (Lipinski definition) is 2. The van der Waals surface area contributed by atoms with Gasteiger partial charge in [0.2, 0.25) is 0 Å². The lowest BCUT2D eigenvalue weighted by Crippen LogP contribution is -2.22. The third-order valence-corrected chi connectivity index (χ3v) is 17.2. The molecule has 11 aromatic rings. The summed E-state index contributed by atoms with van der Waals surface area (Å²) in [6, 6.07) is 79.4. The van der Waals surface area contributed by atoms with Gasteiger partial charge in [-0.15, -0.1) is 0 Å². The first-order chi connectivity index (χ1) is 35.4. The number of rotatable bonds is 3. The van der Waals surface area contributed by atoms with Crippen LogP contribution in [-0.2, 0) is 22.7 Å². The minimum Gasteiger partial charge on any atom is -0.310 e. The maximum Gasteiger partial charge on any atom is 0.0543 e. The monoisotopic (exact) mass is 940 g/mol. The largest absolute Gasteiger partial charge is 0.310 e. The number of nitrogens with zero attached hydrogens (tertiary/aromatic N) is 2. The van der Waals surface area contributed by atoms with E-state index in [1.807, 2.05) is 0 Å². The van der Waals surface area contributed by atoms with E-state index < -0.39 is 0 Å². The van der Waals surface area contributed by atoms with Gasteiger partial charge in [0.25, 0.3) is 0 Å². The van der Waals surface area contributed by atoms with Crippen molar-refractivity contribution in [3.63, 3.8) is 0 Å². The topological polar surface area (TPSA) is 6.48 Å². The highest BCUT2D eigenvalue weighted by Crippen LogP contribution is 2.58. The lowest BCUT2D eigenvalue weighted by Gasteiger charge is -2.36. The molecule has 0 N–H and O–H groups in total. The zero-order valence-electron chi connectivity index (χ0n) is 43.0. The molecule has 2 heteroatoms. The van der Waals surface area contributed by atoms with Crippen molar-refractivity contribution in [2.45, 2.75) is 83.5 Å². The standard InChI is InChI=1S/C71H60N2/c1-69(2,3)47-40-45-34-37-55-60-43-64(59-38-35-46(41-47)65(45)66(55)59)73(63-32-18-29-58-54-26-12-14-31-62(54)71(6,7)68(58)63)51-24-16-23-50(42-51)72(48-20-9-8-10-21-48)49-22-15-19-44(39-49)33-36-52(60)56-27-17-28-57-53-25-11-13-30-61(53)70(4,5)67(56)57/h8-32,34-35,37-43,52H,33,36H2,1-7H3. The van der Waals surface area contributed by atoms with E-state index in [2.05, 4.69) is 265 Å². The minimum absolute atomic E-state index is 0.000258. The van der Waals surface area contributed by atoms with E-state index in [9.17, 15) is 0 Å². The second-order valence-electron chi connectivity index (χ2n) is 23.2. The van der Waals surface area contributed by atoms with E-state index in [4.69, 9.17) is 0 Å². The Balaban J connectivity index is 1.15. The van der Waals surface area contributed by atoms with E-state index in [1.165, 1.54) is 110 Å². The fraction of sp³-hybridized carbons (Fsp3) is 0.183. The van der Waals surface area contributed by atoms with Crippen LogP contribution in [0.4, 0.5) is 34.1 Å². The van der Waals surface area contributed by atoms with Crippen molar-refractivity contribution in [3.05, 3.63) is 251 Å². The molecule has 0 fully saturated rings. The maximum atomic E-state index is 2.66. The summed E-state index contributed by atoms with van der Waals surface area (Å²) in [5.74, 6) is 0.0594. The van der Waals surface area contributed by atoms with Crippen LogP contribution in [-0.4, -0.2) is 0 Å². The number of aryl methyl sites for hydroxylation is 1. The van der Waals surface area contributed by atoms with Gasteiger partial charge in [-0.2, -0.15) is 0 Å². The first kappa shape index (κ1) is 43.8. The molecule has 1 atom stereocenters. The van der Waals surface area contributed by atoms with Crippen molar-refractivity contribution in [1.29, 1.82) is 0 Å². The molecule has 2 nitrogen and oxygen atoms in total. The van der Waals surface area contributed by atoms with E-state index in [-0.39, 0.29) is 22.2 Å². The van der Waals surface area contributed by atoms with Gasteiger partial charge in [-0.25, -0.2) is 0 Å². The zero-order valence-corrected chi connectivity index (χ0v) is 43.0. The Morgan fingerprint density at radius 1 is 0.411 bits per heavy atom. The molecule has 14 rings (SSSR count). The van der Waals surface area contributed by atoms with Gasteiger partial charge in [0.1, 0.15) is 0 Å². The molecular formula is C71H60N2. The van der Waals surface area contributed by atoms with Crippen molar-refractivity contribution in [2.24, 2.45) is 0 Å². The van der Waals surface area contributed by atoms with Gasteiger partial charge >= 0.3 is 0 Å². The first-order valence-corrected chi connectivity index (χ1v) is 26.4. The fourth-order valence-corrected chi connectivity index (χ4v) is 13.9. The van der Waals surface area contributed by atoms with Gasteiger partial charge in [0.05, 0.1) is 11.4 Å². The number of anilines is 6. The van der Waals surface area contributed by atoms with Crippen LogP contribution in [0.1, 0.15) is 105 Å². The summed E-state index contributed by atoms with van der Waals surface area (Å²) in [7, 11) is 0. The average molecular weight is 941 g/mol. The summed E-state index contributed by atoms with van der Waals surface area (Å²) >= 11 is 0. The number of hydrogen-bond donors (Lipinski definition) is 0. The van der Waals surface area contributed by atoms with Crippen molar-refractivity contribution in [2.75, 3.05) is 9.80 Å². The summed E-state index contributed by atoms with van der Waals surface area (Å²) in [5, 5.41) is 7.89. The van der Waals surface area contributed by atoms with Crippen LogP contribution in [0, 0.1) is 0 Å². The van der Waals surface area contributed by atoms with E-state index in [1.54, 1.807) is 0 Å². The lowest BCUT2D eigenvalue weighted by atomic mass is 9.73. The average Bonchev–Trinajstić information content (AvgIpc) is 3.79. The molecule has 0 saturated heterocycles. The maximum absolute atomic E-state index is 2.66. The van der Waals surface area contributed by atoms with E-state index in [0.717, 1.165) is 35.6 Å². The Morgan fingerprint density at radius 2 is 0.959 bits per heavy atom. The van der Waals surface area contributed by atoms with Crippen LogP contribution in [0.3, 0.4) is 0 Å². The van der Waals surface area contributed by atoms with Crippen molar-refractivity contribution >= 4 is 66.4 Å². The quantitative estimate of drug-likeness (QED) is 0.163. The SMILES string of the molecule is CC(C)(C)c1cc2ccc3c4cc(c5ccc(c1)c2c35)N(c1cccc2c1C(C)(C)c1ccccc1-2)c1cccc(c1)N(c1ccccc1)c1cccc(c1)CCC4c1cccc2c1C(C)(C)c1ccccc1-2. The van der Waals surface area contributed by atoms with Gasteiger partial charge in [0, 0.05) is 44.9 Å². The predicted molar refractivity (Wildman–Crippen MR) is 310 cm³/mol. The van der Waals surface area contributed by atoms with Gasteiger partial charge < -0.3 is 9.80 Å². The van der Waals surface area contributed by atoms with Crippen LogP contribution in [0.5, 0.6) is 0 Å². The Kier molecular flexibility index (Phi) is 9.47. The Bertz CT molecular complexity index is 4010. The third kappa shape index (κ3) is 6.48. The number of fused-ring (bicyclic) bond motifs is 14. The smallest absolute Gasteiger partial charge is 0.0543 e. The Morgan fingerprint density at radius 3 is 1.66 bits per heavy atom. The van der Waals surface area contributed by atoms with Crippen molar-refractivity contribution in [1.82, 2.24) is 0 Å². The summed E-state index contributed by atoms with van der Waals surface area (Å²) in [6.07, 6.45) is 1.84. The predicted octanol–water partition coefficient (Wildman–Crippen LogP) is 19.5. The molecule has 0 radical (unpaired) electrons. The summed E-state index contributed by atoms with van der Waals surface area (Å²) in [4.78, 5) is 5.11. The molecule has 0 amide bonds. The molecule has 1 unspecified atom stereocenters. The van der Waals surface area contributed by atoms with Crippen LogP contribution in [0.2, 0.25) is 0 Å². The molecule has 73 heavy (non-hydrogen) atoms. The normalized spacial score (nSPS) is 16.3. The van der Waals surface area contributed by atoms with Crippen LogP contribution in [0.25, 0.3) is 54.6 Å². The summed E-state index contributed by atoms with van der Waals surface area (Å²) in [5.41, 5.74) is 22.9. The summed E-state index contributed by atoms with van der Waals surface area (Å²) < 4.78 is 0. The van der Waals surface area contributed by atoms with Gasteiger partial charge in [-0.1, -0.05) is 200 Å². The van der Waals surface area contributed by atoms with Crippen molar-refractivity contribution in [3.8, 4) is 22.3 Å². The highest BCUT2D eigenvalue weighted by atomic mass is 15.2. The highest BCUT2D eigenvalue weighted by molar-refractivity contribution is 6.27. The third-order valence-electron chi connectivity index (χ3n) is 17.2. The molecule has 0 spiro atoms. The molecule has 354 valence electrons. The molecule has 3 aliphatic rings. The van der Waals surface area contributed by atoms with Gasteiger partial charge in [0.15, 0.2) is 0 Å². The molecule has 2 aliphatic carbocycles. The molecular weight excluding hydrogens is 881 g/mol. The van der Waals surface area contributed by atoms with E-state index >= 15 is 0 Å².